The Bertz CT molecular complexity index is 1050. The topological polar surface area (TPSA) is 45.8 Å². The van der Waals surface area contributed by atoms with Crippen LogP contribution in [0.15, 0.2) is 58.5 Å². The van der Waals surface area contributed by atoms with Crippen LogP contribution in [0.5, 0.6) is 5.75 Å². The molecule has 1 aliphatic heterocycles. The van der Waals surface area contributed by atoms with Crippen LogP contribution in [0, 0.1) is 4.84 Å². The Morgan fingerprint density at radius 2 is 1.73 bits per heavy atom. The molecule has 0 fully saturated rings. The van der Waals surface area contributed by atoms with Gasteiger partial charge in [-0.05, 0) is 43.4 Å². The van der Waals surface area contributed by atoms with E-state index < -0.39 is 6.29 Å². The van der Waals surface area contributed by atoms with Gasteiger partial charge in [-0.2, -0.15) is 0 Å². The Morgan fingerprint density at radius 1 is 1.04 bits per heavy atom. The number of hydrogen-bond acceptors (Lipinski definition) is 5. The standard InChI is InChI=1S/C20H19NO4S/c1-12-17(19(22-2)23-3)18(13-8-4-6-10-15(13)24-12)21-14-9-5-7-11-16(14)25-20(21)26/h4-12,19H,1-3H3. The number of ether oxygens (including phenoxy) is 3. The van der Waals surface area contributed by atoms with Crippen molar-refractivity contribution in [2.24, 2.45) is 0 Å². The highest BCUT2D eigenvalue weighted by Crippen LogP contribution is 2.40. The van der Waals surface area contributed by atoms with Crippen LogP contribution in [-0.2, 0) is 9.47 Å². The average Bonchev–Trinajstić information content (AvgIpc) is 2.98. The molecule has 26 heavy (non-hydrogen) atoms. The fourth-order valence-corrected chi connectivity index (χ4v) is 3.73. The average molecular weight is 369 g/mol. The van der Waals surface area contributed by atoms with Crippen molar-refractivity contribution in [3.63, 3.8) is 0 Å². The van der Waals surface area contributed by atoms with Crippen LogP contribution in [0.3, 0.4) is 0 Å². The van der Waals surface area contributed by atoms with Gasteiger partial charge in [-0.1, -0.05) is 24.3 Å². The van der Waals surface area contributed by atoms with Crippen molar-refractivity contribution < 1.29 is 18.6 Å². The number of oxazole rings is 1. The highest BCUT2D eigenvalue weighted by molar-refractivity contribution is 7.71. The largest absolute Gasteiger partial charge is 0.485 e. The predicted octanol–water partition coefficient (Wildman–Crippen LogP) is 4.62. The first-order chi connectivity index (χ1) is 12.7. The maximum atomic E-state index is 6.11. The van der Waals surface area contributed by atoms with Crippen molar-refractivity contribution in [3.8, 4) is 5.75 Å². The van der Waals surface area contributed by atoms with Crippen LogP contribution in [-0.4, -0.2) is 31.2 Å². The zero-order valence-corrected chi connectivity index (χ0v) is 15.6. The van der Waals surface area contributed by atoms with Gasteiger partial charge >= 0.3 is 0 Å². The van der Waals surface area contributed by atoms with Gasteiger partial charge in [-0.3, -0.25) is 4.57 Å². The summed E-state index contributed by atoms with van der Waals surface area (Å²) in [4.78, 5) is 0.369. The molecule has 2 aromatic carbocycles. The fourth-order valence-electron chi connectivity index (χ4n) is 3.45. The van der Waals surface area contributed by atoms with Crippen LogP contribution in [0.4, 0.5) is 0 Å². The van der Waals surface area contributed by atoms with Crippen molar-refractivity contribution in [2.75, 3.05) is 14.2 Å². The number of fused-ring (bicyclic) bond motifs is 2. The molecule has 0 saturated carbocycles. The summed E-state index contributed by atoms with van der Waals surface area (Å²) in [6.45, 7) is 1.97. The summed E-state index contributed by atoms with van der Waals surface area (Å²) in [7, 11) is 3.22. The van der Waals surface area contributed by atoms with E-state index in [4.69, 9.17) is 30.8 Å². The predicted molar refractivity (Wildman–Crippen MR) is 102 cm³/mol. The van der Waals surface area contributed by atoms with Gasteiger partial charge in [-0.15, -0.1) is 0 Å². The van der Waals surface area contributed by atoms with E-state index in [0.29, 0.717) is 4.84 Å². The Balaban J connectivity index is 2.12. The third-order valence-electron chi connectivity index (χ3n) is 4.55. The molecule has 134 valence electrons. The molecule has 0 aliphatic carbocycles. The number of rotatable bonds is 4. The van der Waals surface area contributed by atoms with Crippen LogP contribution in [0.2, 0.25) is 0 Å². The lowest BCUT2D eigenvalue weighted by atomic mass is 9.97. The number of para-hydroxylation sites is 3. The van der Waals surface area contributed by atoms with Gasteiger partial charge in [0.25, 0.3) is 4.84 Å². The highest BCUT2D eigenvalue weighted by atomic mass is 32.1. The molecule has 1 unspecified atom stereocenters. The van der Waals surface area contributed by atoms with E-state index in [1.165, 1.54) is 0 Å². The van der Waals surface area contributed by atoms with E-state index in [-0.39, 0.29) is 6.10 Å². The monoisotopic (exact) mass is 369 g/mol. The minimum Gasteiger partial charge on any atom is -0.485 e. The number of nitrogens with zero attached hydrogens (tertiary/aromatic N) is 1. The molecule has 2 heterocycles. The van der Waals surface area contributed by atoms with Crippen LogP contribution >= 0.6 is 12.2 Å². The second-order valence-corrected chi connectivity index (χ2v) is 6.38. The summed E-state index contributed by atoms with van der Waals surface area (Å²) in [5, 5.41) is 0. The van der Waals surface area contributed by atoms with E-state index in [9.17, 15) is 0 Å². The smallest absolute Gasteiger partial charge is 0.274 e. The van der Waals surface area contributed by atoms with Crippen molar-refractivity contribution in [1.29, 1.82) is 0 Å². The molecule has 0 bridgehead atoms. The molecule has 0 N–H and O–H groups in total. The minimum atomic E-state index is -0.566. The van der Waals surface area contributed by atoms with Gasteiger partial charge in [0.15, 0.2) is 11.9 Å². The first kappa shape index (κ1) is 17.0. The summed E-state index contributed by atoms with van der Waals surface area (Å²) in [5.41, 5.74) is 4.27. The molecule has 0 spiro atoms. The second kappa shape index (κ2) is 6.72. The van der Waals surface area contributed by atoms with Gasteiger partial charge in [0.2, 0.25) is 0 Å². The van der Waals surface area contributed by atoms with E-state index in [1.54, 1.807) is 14.2 Å². The zero-order chi connectivity index (χ0) is 18.3. The third kappa shape index (κ3) is 2.58. The molecular formula is C20H19NO4S. The fraction of sp³-hybridized carbons (Fsp3) is 0.250. The van der Waals surface area contributed by atoms with Crippen LogP contribution < -0.4 is 4.74 Å². The SMILES string of the molecule is COC(OC)C1=C(n2c(=S)oc3ccccc32)c2ccccc2OC1C. The maximum Gasteiger partial charge on any atom is 0.274 e. The number of methoxy groups -OCH3 is 2. The maximum absolute atomic E-state index is 6.11. The third-order valence-corrected chi connectivity index (χ3v) is 4.81. The molecule has 0 radical (unpaired) electrons. The molecular weight excluding hydrogens is 350 g/mol. The highest BCUT2D eigenvalue weighted by Gasteiger charge is 2.33. The molecule has 5 nitrogen and oxygen atoms in total. The first-order valence-corrected chi connectivity index (χ1v) is 8.73. The van der Waals surface area contributed by atoms with Gasteiger partial charge in [0, 0.05) is 19.8 Å². The Labute approximate surface area is 156 Å². The quantitative estimate of drug-likeness (QED) is 0.496. The zero-order valence-electron chi connectivity index (χ0n) is 14.8. The second-order valence-electron chi connectivity index (χ2n) is 6.03. The summed E-state index contributed by atoms with van der Waals surface area (Å²) < 4.78 is 25.0. The van der Waals surface area contributed by atoms with E-state index in [2.05, 4.69) is 0 Å². The number of aromatic nitrogens is 1. The molecule has 3 aromatic rings. The number of hydrogen-bond donors (Lipinski definition) is 0. The van der Waals surface area contributed by atoms with Crippen molar-refractivity contribution in [3.05, 3.63) is 64.5 Å². The molecule has 4 rings (SSSR count). The van der Waals surface area contributed by atoms with E-state index in [1.807, 2.05) is 60.0 Å². The lowest BCUT2D eigenvalue weighted by Crippen LogP contribution is -2.33. The number of benzene rings is 2. The first-order valence-electron chi connectivity index (χ1n) is 8.32. The lowest BCUT2D eigenvalue weighted by Gasteiger charge is -2.32. The molecule has 0 saturated heterocycles. The van der Waals surface area contributed by atoms with Crippen LogP contribution in [0.25, 0.3) is 16.8 Å². The van der Waals surface area contributed by atoms with Crippen LogP contribution in [0.1, 0.15) is 12.5 Å². The van der Waals surface area contributed by atoms with Crippen molar-refractivity contribution >= 4 is 29.0 Å². The van der Waals surface area contributed by atoms with E-state index in [0.717, 1.165) is 33.7 Å². The Morgan fingerprint density at radius 3 is 2.50 bits per heavy atom. The van der Waals surface area contributed by atoms with Crippen molar-refractivity contribution in [1.82, 2.24) is 4.57 Å². The Hall–Kier alpha value is -2.41. The van der Waals surface area contributed by atoms with Crippen molar-refractivity contribution in [2.45, 2.75) is 19.3 Å². The normalized spacial score (nSPS) is 16.8. The summed E-state index contributed by atoms with van der Waals surface area (Å²) in [6, 6.07) is 15.6. The van der Waals surface area contributed by atoms with E-state index >= 15 is 0 Å². The van der Waals surface area contributed by atoms with Gasteiger partial charge < -0.3 is 18.6 Å². The van der Waals surface area contributed by atoms with Gasteiger partial charge in [0.05, 0.1) is 16.8 Å². The molecule has 1 aliphatic rings. The molecule has 0 amide bonds. The molecule has 1 atom stereocenters. The van der Waals surface area contributed by atoms with Gasteiger partial charge in [0.1, 0.15) is 11.9 Å². The summed E-state index contributed by atoms with van der Waals surface area (Å²) in [5.74, 6) is 0.789. The van der Waals surface area contributed by atoms with Gasteiger partial charge in [-0.25, -0.2) is 0 Å². The minimum absolute atomic E-state index is 0.250. The molecule has 1 aromatic heterocycles. The summed E-state index contributed by atoms with van der Waals surface area (Å²) in [6.07, 6.45) is -0.815. The summed E-state index contributed by atoms with van der Waals surface area (Å²) >= 11 is 5.55. The Kier molecular flexibility index (Phi) is 4.40. The lowest BCUT2D eigenvalue weighted by molar-refractivity contribution is -0.0833. The molecule has 6 heteroatoms.